The maximum Gasteiger partial charge on any atom is 0.306 e. The van der Waals surface area contributed by atoms with Crippen molar-refractivity contribution >= 4 is 26.9 Å². The number of ether oxygens (including phenoxy) is 4. The Morgan fingerprint density at radius 1 is 0.620 bits per heavy atom. The number of amides is 1. The number of carbonyl (C=O) groups excluding carboxylic acids is 3. The molecule has 3 rings (SSSR count). The van der Waals surface area contributed by atoms with Crippen LogP contribution in [-0.4, -0.2) is 80.9 Å². The first-order chi connectivity index (χ1) is 34.4. The van der Waals surface area contributed by atoms with Crippen LogP contribution in [0.2, 0.25) is 13.1 Å². The highest BCUT2D eigenvalue weighted by Gasteiger charge is 2.50. The van der Waals surface area contributed by atoms with E-state index in [0.717, 1.165) is 77.0 Å². The molecule has 2 unspecified atom stereocenters. The molecule has 1 amide bonds. The first-order valence-corrected chi connectivity index (χ1v) is 31.5. The number of hydrogen-bond donors (Lipinski definition) is 2. The molecule has 0 aromatic heterocycles. The summed E-state index contributed by atoms with van der Waals surface area (Å²) in [6.45, 7) is 12.1. The van der Waals surface area contributed by atoms with E-state index in [0.29, 0.717) is 19.3 Å². The second-order valence-electron chi connectivity index (χ2n) is 21.7. The van der Waals surface area contributed by atoms with Crippen LogP contribution in [0.3, 0.4) is 0 Å². The number of aliphatic hydroxyl groups is 1. The molecule has 6 atom stereocenters. The van der Waals surface area contributed by atoms with Gasteiger partial charge in [0.25, 0.3) is 5.91 Å². The molecule has 11 heteroatoms. The Hall–Kier alpha value is -3.09. The molecular formula is C60H101NO9Si. The maximum absolute atomic E-state index is 14.4. The third kappa shape index (κ3) is 30.0. The van der Waals surface area contributed by atoms with Crippen LogP contribution < -0.4 is 5.32 Å². The summed E-state index contributed by atoms with van der Waals surface area (Å²) >= 11 is 0. The van der Waals surface area contributed by atoms with E-state index >= 15 is 0 Å². The van der Waals surface area contributed by atoms with Crippen LogP contribution >= 0.6 is 0 Å². The number of hydrogen-bond acceptors (Lipinski definition) is 9. The van der Waals surface area contributed by atoms with E-state index < -0.39 is 63.3 Å². The second kappa shape index (κ2) is 38.5. The highest BCUT2D eigenvalue weighted by atomic mass is 28.3. The summed E-state index contributed by atoms with van der Waals surface area (Å²) in [4.78, 5) is 41.5. The lowest BCUT2D eigenvalue weighted by Gasteiger charge is -2.45. The highest BCUT2D eigenvalue weighted by molar-refractivity contribution is 6.48. The molecule has 2 aromatic rings. The van der Waals surface area contributed by atoms with Crippen LogP contribution in [-0.2, 0) is 50.6 Å². The van der Waals surface area contributed by atoms with E-state index in [2.05, 4.69) is 72.9 Å². The molecule has 1 aliphatic heterocycles. The SMILES string of the molecule is CCCCCCCCCCCCC(OC(=O)CCCCCCCCCCc1ccccc1)C(=O)N[C@H]1C(O[SiH](C)C)O[C@H](COC(C)(C)C)[C@@H](O)[C@@H]1OC(=O)CCCCCCCCCCc1ccccc1. The van der Waals surface area contributed by atoms with Gasteiger partial charge in [0.15, 0.2) is 27.5 Å². The summed E-state index contributed by atoms with van der Waals surface area (Å²) in [5, 5.41) is 14.9. The van der Waals surface area contributed by atoms with Gasteiger partial charge in [0.05, 0.1) is 12.2 Å². The zero-order valence-electron chi connectivity index (χ0n) is 45.7. The van der Waals surface area contributed by atoms with Crippen LogP contribution in [0.1, 0.15) is 225 Å². The largest absolute Gasteiger partial charge is 0.457 e. The molecule has 0 aliphatic carbocycles. The van der Waals surface area contributed by atoms with Gasteiger partial charge in [-0.05, 0) is 96.4 Å². The average Bonchev–Trinajstić information content (AvgIpc) is 3.34. The van der Waals surface area contributed by atoms with Gasteiger partial charge in [0.1, 0.15) is 18.2 Å². The van der Waals surface area contributed by atoms with Crippen molar-refractivity contribution < 1.29 is 42.9 Å². The van der Waals surface area contributed by atoms with Crippen LogP contribution in [0.5, 0.6) is 0 Å². The Labute approximate surface area is 433 Å². The Bertz CT molecular complexity index is 1640. The number of rotatable bonds is 41. The Morgan fingerprint density at radius 3 is 1.52 bits per heavy atom. The lowest BCUT2D eigenvalue weighted by molar-refractivity contribution is -0.259. The highest BCUT2D eigenvalue weighted by Crippen LogP contribution is 2.28. The minimum Gasteiger partial charge on any atom is -0.457 e. The molecule has 0 saturated carbocycles. The zero-order valence-corrected chi connectivity index (χ0v) is 46.8. The van der Waals surface area contributed by atoms with Gasteiger partial charge in [0.2, 0.25) is 0 Å². The van der Waals surface area contributed by atoms with Crippen molar-refractivity contribution in [3.05, 3.63) is 71.8 Å². The molecule has 0 radical (unpaired) electrons. The van der Waals surface area contributed by atoms with Crippen molar-refractivity contribution in [2.45, 2.75) is 282 Å². The molecule has 0 spiro atoms. The fourth-order valence-corrected chi connectivity index (χ4v) is 10.2. The Kier molecular flexibility index (Phi) is 33.7. The second-order valence-corrected chi connectivity index (χ2v) is 24.1. The van der Waals surface area contributed by atoms with Crippen molar-refractivity contribution in [2.24, 2.45) is 0 Å². The van der Waals surface area contributed by atoms with Crippen molar-refractivity contribution in [1.82, 2.24) is 5.32 Å². The Morgan fingerprint density at radius 2 is 1.06 bits per heavy atom. The number of aryl methyl sites for hydroxylation is 2. The van der Waals surface area contributed by atoms with Crippen LogP contribution in [0.4, 0.5) is 0 Å². The van der Waals surface area contributed by atoms with Gasteiger partial charge in [0, 0.05) is 12.8 Å². The molecule has 2 aromatic carbocycles. The molecular weight excluding hydrogens is 907 g/mol. The number of unbranched alkanes of at least 4 members (excludes halogenated alkanes) is 23. The molecule has 1 saturated heterocycles. The van der Waals surface area contributed by atoms with Crippen LogP contribution in [0, 0.1) is 0 Å². The van der Waals surface area contributed by atoms with E-state index in [9.17, 15) is 19.5 Å². The fourth-order valence-electron chi connectivity index (χ4n) is 9.42. The predicted octanol–water partition coefficient (Wildman–Crippen LogP) is 14.0. The van der Waals surface area contributed by atoms with Gasteiger partial charge >= 0.3 is 11.9 Å². The average molecular weight is 1010 g/mol. The minimum atomic E-state index is -1.80. The lowest BCUT2D eigenvalue weighted by Crippen LogP contribution is -2.67. The summed E-state index contributed by atoms with van der Waals surface area (Å²) in [6, 6.07) is 20.3. The van der Waals surface area contributed by atoms with E-state index in [1.165, 1.54) is 101 Å². The lowest BCUT2D eigenvalue weighted by atomic mass is 9.95. The third-order valence-electron chi connectivity index (χ3n) is 13.6. The number of carbonyl (C=O) groups is 3. The molecule has 1 heterocycles. The third-order valence-corrected chi connectivity index (χ3v) is 14.4. The maximum atomic E-state index is 14.4. The van der Waals surface area contributed by atoms with Gasteiger partial charge in [-0.25, -0.2) is 0 Å². The van der Waals surface area contributed by atoms with Gasteiger partial charge in [-0.15, -0.1) is 0 Å². The van der Waals surface area contributed by atoms with Crippen molar-refractivity contribution in [1.29, 1.82) is 0 Å². The van der Waals surface area contributed by atoms with Crippen molar-refractivity contribution in [3.8, 4) is 0 Å². The topological polar surface area (TPSA) is 130 Å². The van der Waals surface area contributed by atoms with E-state index in [-0.39, 0.29) is 25.4 Å². The first-order valence-electron chi connectivity index (χ1n) is 28.8. The van der Waals surface area contributed by atoms with Crippen molar-refractivity contribution in [3.63, 3.8) is 0 Å². The number of esters is 2. The number of benzene rings is 2. The molecule has 1 fully saturated rings. The summed E-state index contributed by atoms with van der Waals surface area (Å²) in [6.07, 6.45) is 26.4. The standard InChI is InChI=1S/C60H101NO9Si/c1-7-8-9-10-11-12-13-20-25-36-45-51(67-53(62)46-37-26-21-16-14-18-23-30-39-49-41-32-28-33-42-49)58(65)61-55-57(56(64)52(48-66-60(2,3)4)68-59(55)70-71(5)6)69-54(63)47-38-27-22-17-15-19-24-31-40-50-43-34-29-35-44-50/h28-29,32-35,41-44,51-52,55-57,59,64,71H,7-27,30-31,36-40,45-48H2,1-6H3,(H,61,65)/t51?,52-,55-,56-,57-,59?/m1/s1. The molecule has 10 nitrogen and oxygen atoms in total. The molecule has 1 aliphatic rings. The molecule has 0 bridgehead atoms. The monoisotopic (exact) mass is 1010 g/mol. The van der Waals surface area contributed by atoms with Gasteiger partial charge in [-0.3, -0.25) is 14.4 Å². The summed E-state index contributed by atoms with van der Waals surface area (Å²) in [5.41, 5.74) is 2.28. The van der Waals surface area contributed by atoms with Crippen molar-refractivity contribution in [2.75, 3.05) is 6.61 Å². The molecule has 404 valence electrons. The van der Waals surface area contributed by atoms with Gasteiger partial charge < -0.3 is 33.8 Å². The summed E-state index contributed by atoms with van der Waals surface area (Å²) in [5.74, 6) is -1.32. The fraction of sp³-hybridized carbons (Fsp3) is 0.750. The summed E-state index contributed by atoms with van der Waals surface area (Å²) < 4.78 is 31.0. The number of aliphatic hydroxyl groups excluding tert-OH is 1. The first kappa shape index (κ1) is 62.2. The minimum absolute atomic E-state index is 0.0406. The van der Waals surface area contributed by atoms with Gasteiger partial charge in [-0.1, -0.05) is 202 Å². The number of nitrogens with one attached hydrogen (secondary N) is 1. The zero-order chi connectivity index (χ0) is 51.4. The van der Waals surface area contributed by atoms with Crippen LogP contribution in [0.15, 0.2) is 60.7 Å². The van der Waals surface area contributed by atoms with Crippen LogP contribution in [0.25, 0.3) is 0 Å². The van der Waals surface area contributed by atoms with E-state index in [4.69, 9.17) is 23.4 Å². The van der Waals surface area contributed by atoms with Gasteiger partial charge in [-0.2, -0.15) is 0 Å². The quantitative estimate of drug-likeness (QED) is 0.0380. The molecule has 71 heavy (non-hydrogen) atoms. The molecule has 2 N–H and O–H groups in total. The smallest absolute Gasteiger partial charge is 0.306 e. The van der Waals surface area contributed by atoms with E-state index in [1.54, 1.807) is 0 Å². The predicted molar refractivity (Wildman–Crippen MR) is 292 cm³/mol. The Balaban J connectivity index is 1.59. The summed E-state index contributed by atoms with van der Waals surface area (Å²) in [7, 11) is -1.80. The van der Waals surface area contributed by atoms with E-state index in [1.807, 2.05) is 33.9 Å². The normalized spacial score (nSPS) is 18.6.